The second-order valence-electron chi connectivity index (χ2n) is 3.96. The van der Waals surface area contributed by atoms with E-state index in [9.17, 15) is 8.42 Å². The predicted octanol–water partition coefficient (Wildman–Crippen LogP) is 3.37. The van der Waals surface area contributed by atoms with E-state index in [4.69, 9.17) is 34.1 Å². The first-order chi connectivity index (χ1) is 9.25. The second-order valence-corrected chi connectivity index (χ2v) is 7.48. The highest BCUT2D eigenvalue weighted by atomic mass is 35.5. The highest BCUT2D eigenvalue weighted by Gasteiger charge is 2.11. The Kier molecular flexibility index (Phi) is 4.51. The molecular formula is C12H10Cl2N2O2S2. The molecule has 2 rings (SSSR count). The Morgan fingerprint density at radius 3 is 2.25 bits per heavy atom. The molecule has 4 N–H and O–H groups in total. The van der Waals surface area contributed by atoms with Gasteiger partial charge in [0.1, 0.15) is 0 Å². The lowest BCUT2D eigenvalue weighted by Gasteiger charge is -2.07. The van der Waals surface area contributed by atoms with E-state index in [0.717, 1.165) is 4.90 Å². The molecule has 0 aliphatic rings. The molecule has 0 radical (unpaired) electrons. The van der Waals surface area contributed by atoms with Crippen molar-refractivity contribution in [2.75, 3.05) is 5.73 Å². The number of primary sulfonamides is 1. The number of nitrogens with two attached hydrogens (primary N) is 2. The topological polar surface area (TPSA) is 86.2 Å². The molecule has 0 aliphatic carbocycles. The van der Waals surface area contributed by atoms with Gasteiger partial charge in [0.15, 0.2) is 0 Å². The minimum absolute atomic E-state index is 0.0277. The smallest absolute Gasteiger partial charge is 0.238 e. The van der Waals surface area contributed by atoms with E-state index < -0.39 is 10.0 Å². The molecular weight excluding hydrogens is 339 g/mol. The maximum absolute atomic E-state index is 11.4. The summed E-state index contributed by atoms with van der Waals surface area (Å²) in [7, 11) is -3.80. The van der Waals surface area contributed by atoms with Gasteiger partial charge < -0.3 is 5.73 Å². The van der Waals surface area contributed by atoms with E-state index in [-0.39, 0.29) is 4.90 Å². The highest BCUT2D eigenvalue weighted by Crippen LogP contribution is 2.34. The molecule has 0 heterocycles. The van der Waals surface area contributed by atoms with Crippen LogP contribution in [0.4, 0.5) is 5.69 Å². The lowest BCUT2D eigenvalue weighted by atomic mass is 10.3. The number of benzene rings is 2. The van der Waals surface area contributed by atoms with Gasteiger partial charge in [-0.3, -0.25) is 0 Å². The Morgan fingerprint density at radius 2 is 1.65 bits per heavy atom. The van der Waals surface area contributed by atoms with Crippen LogP contribution in [0.1, 0.15) is 0 Å². The van der Waals surface area contributed by atoms with Crippen molar-refractivity contribution >= 4 is 50.7 Å². The maximum Gasteiger partial charge on any atom is 0.238 e. The molecule has 0 atom stereocenters. The van der Waals surface area contributed by atoms with E-state index in [0.29, 0.717) is 20.6 Å². The molecule has 8 heteroatoms. The number of anilines is 1. The predicted molar refractivity (Wildman–Crippen MR) is 82.8 cm³/mol. The third-order valence-corrected chi connectivity index (χ3v) is 4.95. The minimum Gasteiger partial charge on any atom is -0.399 e. The summed E-state index contributed by atoms with van der Waals surface area (Å²) in [4.78, 5) is 1.43. The van der Waals surface area contributed by atoms with E-state index in [2.05, 4.69) is 0 Å². The van der Waals surface area contributed by atoms with Gasteiger partial charge in [-0.2, -0.15) is 0 Å². The number of hydrogen-bond donors (Lipinski definition) is 2. The van der Waals surface area contributed by atoms with E-state index in [1.807, 2.05) is 0 Å². The Balaban J connectivity index is 2.38. The number of sulfonamides is 1. The molecule has 2 aromatic carbocycles. The van der Waals surface area contributed by atoms with Crippen LogP contribution < -0.4 is 10.9 Å². The number of halogens is 2. The van der Waals surface area contributed by atoms with Gasteiger partial charge in [-0.25, -0.2) is 13.6 Å². The quantitative estimate of drug-likeness (QED) is 0.832. The SMILES string of the molecule is Nc1cc(Sc2ccc(Cl)c(Cl)c2)cc(S(N)(=O)=O)c1. The average Bonchev–Trinajstić information content (AvgIpc) is 2.32. The first kappa shape index (κ1) is 15.5. The fraction of sp³-hybridized carbons (Fsp3) is 0. The summed E-state index contributed by atoms with van der Waals surface area (Å²) in [6.45, 7) is 0. The van der Waals surface area contributed by atoms with E-state index in [1.54, 1.807) is 24.3 Å². The molecule has 0 aromatic heterocycles. The number of nitrogen functional groups attached to an aromatic ring is 1. The van der Waals surface area contributed by atoms with Crippen molar-refractivity contribution in [2.45, 2.75) is 14.7 Å². The second kappa shape index (κ2) is 5.83. The largest absolute Gasteiger partial charge is 0.399 e. The van der Waals surface area contributed by atoms with Crippen LogP contribution in [0.5, 0.6) is 0 Å². The maximum atomic E-state index is 11.4. The zero-order chi connectivity index (χ0) is 14.9. The monoisotopic (exact) mass is 348 g/mol. The normalized spacial score (nSPS) is 11.6. The number of hydrogen-bond acceptors (Lipinski definition) is 4. The summed E-state index contributed by atoms with van der Waals surface area (Å²) < 4.78 is 22.7. The molecule has 0 aliphatic heterocycles. The molecule has 0 spiro atoms. The third-order valence-electron chi connectivity index (χ3n) is 2.36. The van der Waals surface area contributed by atoms with Crippen LogP contribution in [0.2, 0.25) is 10.0 Å². The Hall–Kier alpha value is -0.920. The average molecular weight is 349 g/mol. The summed E-state index contributed by atoms with van der Waals surface area (Å²) in [5, 5.41) is 5.98. The van der Waals surface area contributed by atoms with Crippen molar-refractivity contribution in [2.24, 2.45) is 5.14 Å². The molecule has 0 saturated heterocycles. The van der Waals surface area contributed by atoms with Crippen molar-refractivity contribution in [1.82, 2.24) is 0 Å². The first-order valence-corrected chi connectivity index (χ1v) is 8.44. The van der Waals surface area contributed by atoms with Gasteiger partial charge in [-0.1, -0.05) is 35.0 Å². The zero-order valence-electron chi connectivity index (χ0n) is 10.0. The molecule has 0 fully saturated rings. The van der Waals surface area contributed by atoms with Crippen LogP contribution in [0.3, 0.4) is 0 Å². The fourth-order valence-corrected chi connectivity index (χ4v) is 3.49. The van der Waals surface area contributed by atoms with Crippen molar-refractivity contribution in [3.05, 3.63) is 46.4 Å². The Bertz CT molecular complexity index is 764. The van der Waals surface area contributed by atoms with Gasteiger partial charge in [0.25, 0.3) is 0 Å². The molecule has 2 aromatic rings. The lowest BCUT2D eigenvalue weighted by Crippen LogP contribution is -2.12. The van der Waals surface area contributed by atoms with Crippen LogP contribution in [0.25, 0.3) is 0 Å². The minimum atomic E-state index is -3.80. The Labute approximate surface area is 131 Å². The van der Waals surface area contributed by atoms with Crippen LogP contribution in [-0.4, -0.2) is 8.42 Å². The lowest BCUT2D eigenvalue weighted by molar-refractivity contribution is 0.597. The molecule has 0 amide bonds. The molecule has 0 bridgehead atoms. The van der Waals surface area contributed by atoms with Crippen LogP contribution in [0.15, 0.2) is 51.1 Å². The van der Waals surface area contributed by atoms with Crippen molar-refractivity contribution in [1.29, 1.82) is 0 Å². The van der Waals surface area contributed by atoms with Gasteiger partial charge in [-0.15, -0.1) is 0 Å². The van der Waals surface area contributed by atoms with Gasteiger partial charge in [0.05, 0.1) is 14.9 Å². The summed E-state index contributed by atoms with van der Waals surface area (Å²) >= 11 is 13.1. The molecule has 0 unspecified atom stereocenters. The number of rotatable bonds is 3. The standard InChI is InChI=1S/C12H10Cl2N2O2S2/c13-11-2-1-8(6-12(11)14)19-9-3-7(15)4-10(5-9)20(16,17)18/h1-6H,15H2,(H2,16,17,18). The molecule has 4 nitrogen and oxygen atoms in total. The van der Waals surface area contributed by atoms with Gasteiger partial charge in [0.2, 0.25) is 10.0 Å². The van der Waals surface area contributed by atoms with Crippen LogP contribution in [-0.2, 0) is 10.0 Å². The fourth-order valence-electron chi connectivity index (χ4n) is 1.49. The molecule has 106 valence electrons. The first-order valence-electron chi connectivity index (χ1n) is 5.32. The van der Waals surface area contributed by atoms with Crippen molar-refractivity contribution in [3.8, 4) is 0 Å². The van der Waals surface area contributed by atoms with Crippen LogP contribution >= 0.6 is 35.0 Å². The van der Waals surface area contributed by atoms with Gasteiger partial charge in [0, 0.05) is 15.5 Å². The summed E-state index contributed by atoms with van der Waals surface area (Å²) in [6, 6.07) is 9.56. The highest BCUT2D eigenvalue weighted by molar-refractivity contribution is 7.99. The molecule has 20 heavy (non-hydrogen) atoms. The zero-order valence-corrected chi connectivity index (χ0v) is 13.2. The van der Waals surface area contributed by atoms with E-state index in [1.165, 1.54) is 23.9 Å². The summed E-state index contributed by atoms with van der Waals surface area (Å²) in [5.41, 5.74) is 6.00. The third kappa shape index (κ3) is 3.80. The van der Waals surface area contributed by atoms with Gasteiger partial charge >= 0.3 is 0 Å². The van der Waals surface area contributed by atoms with Crippen molar-refractivity contribution < 1.29 is 8.42 Å². The summed E-state index contributed by atoms with van der Waals surface area (Å²) in [6.07, 6.45) is 0. The van der Waals surface area contributed by atoms with Crippen molar-refractivity contribution in [3.63, 3.8) is 0 Å². The van der Waals surface area contributed by atoms with Gasteiger partial charge in [-0.05, 0) is 36.4 Å². The van der Waals surface area contributed by atoms with E-state index >= 15 is 0 Å². The summed E-state index contributed by atoms with van der Waals surface area (Å²) in [5.74, 6) is 0. The Morgan fingerprint density at radius 1 is 0.950 bits per heavy atom. The van der Waals surface area contributed by atoms with Crippen LogP contribution in [0, 0.1) is 0 Å². The molecule has 0 saturated carbocycles.